The summed E-state index contributed by atoms with van der Waals surface area (Å²) in [5, 5.41) is 8.83. The van der Waals surface area contributed by atoms with Crippen LogP contribution in [0.3, 0.4) is 0 Å². The van der Waals surface area contributed by atoms with Crippen molar-refractivity contribution in [3.05, 3.63) is 65.9 Å². The molecule has 0 saturated heterocycles. The molecule has 0 amide bonds. The van der Waals surface area contributed by atoms with Crippen LogP contribution in [0, 0.1) is 0 Å². The van der Waals surface area contributed by atoms with Gasteiger partial charge in [0.1, 0.15) is 30.3 Å². The van der Waals surface area contributed by atoms with Gasteiger partial charge in [0, 0.05) is 6.07 Å². The second-order valence-corrected chi connectivity index (χ2v) is 5.25. The first-order valence-electron chi connectivity index (χ1n) is 8.05. The summed E-state index contributed by atoms with van der Waals surface area (Å²) >= 11 is 0. The van der Waals surface area contributed by atoms with Gasteiger partial charge in [-0.3, -0.25) is 0 Å². The summed E-state index contributed by atoms with van der Waals surface area (Å²) in [4.78, 5) is 12.0. The summed E-state index contributed by atoms with van der Waals surface area (Å²) in [7, 11) is 2.79. The summed E-state index contributed by atoms with van der Waals surface area (Å²) in [6.45, 7) is 0.412. The monoisotopic (exact) mass is 358 g/mol. The lowest BCUT2D eigenvalue weighted by molar-refractivity contribution is -0.133. The van der Waals surface area contributed by atoms with E-state index in [1.165, 1.54) is 20.5 Å². The Morgan fingerprint density at radius 1 is 1.04 bits per heavy atom. The second kappa shape index (κ2) is 10.1. The summed E-state index contributed by atoms with van der Waals surface area (Å²) in [5.74, 6) is 0.739. The van der Waals surface area contributed by atoms with E-state index in [4.69, 9.17) is 24.1 Å². The van der Waals surface area contributed by atoms with Crippen LogP contribution in [-0.4, -0.2) is 38.5 Å². The predicted molar refractivity (Wildman–Crippen MR) is 96.8 cm³/mol. The molecule has 2 aromatic rings. The Bertz CT molecular complexity index is 753. The van der Waals surface area contributed by atoms with Crippen molar-refractivity contribution in [1.29, 1.82) is 0 Å². The number of hydrogen-bond acceptors (Lipinski definition) is 6. The molecule has 0 aliphatic carbocycles. The fourth-order valence-corrected chi connectivity index (χ4v) is 2.34. The van der Waals surface area contributed by atoms with Crippen LogP contribution in [0.15, 0.2) is 54.8 Å². The van der Waals surface area contributed by atoms with Crippen molar-refractivity contribution in [2.75, 3.05) is 27.4 Å². The van der Waals surface area contributed by atoms with Crippen molar-refractivity contribution < 1.29 is 28.8 Å². The highest BCUT2D eigenvalue weighted by Gasteiger charge is 2.16. The third-order valence-corrected chi connectivity index (χ3v) is 3.51. The summed E-state index contributed by atoms with van der Waals surface area (Å²) in [6, 6.07) is 14.5. The van der Waals surface area contributed by atoms with E-state index in [0.29, 0.717) is 22.6 Å². The van der Waals surface area contributed by atoms with Crippen molar-refractivity contribution in [3.63, 3.8) is 0 Å². The molecule has 6 heteroatoms. The Balaban J connectivity index is 2.18. The van der Waals surface area contributed by atoms with Gasteiger partial charge in [-0.15, -0.1) is 0 Å². The SMILES string of the molecule is CO/C=C(\C(=O)OC)c1ccccc1COc1cccc(OCCO)c1. The Morgan fingerprint density at radius 2 is 1.77 bits per heavy atom. The van der Waals surface area contributed by atoms with Crippen LogP contribution < -0.4 is 9.47 Å². The summed E-state index contributed by atoms with van der Waals surface area (Å²) in [5.41, 5.74) is 1.80. The molecule has 0 spiro atoms. The maximum atomic E-state index is 12.0. The first-order valence-corrected chi connectivity index (χ1v) is 8.05. The van der Waals surface area contributed by atoms with Crippen LogP contribution in [0.25, 0.3) is 5.57 Å². The number of carbonyl (C=O) groups is 1. The van der Waals surface area contributed by atoms with Gasteiger partial charge in [0.15, 0.2) is 0 Å². The van der Waals surface area contributed by atoms with E-state index in [-0.39, 0.29) is 19.8 Å². The smallest absolute Gasteiger partial charge is 0.341 e. The standard InChI is InChI=1S/C20H22O6/c1-23-14-19(20(22)24-2)18-9-4-3-6-15(18)13-26-17-8-5-7-16(12-17)25-11-10-21/h3-9,12,14,21H,10-11,13H2,1-2H3/b19-14-. The number of ether oxygens (including phenoxy) is 4. The van der Waals surface area contributed by atoms with Crippen LogP contribution in [-0.2, 0) is 20.9 Å². The van der Waals surface area contributed by atoms with E-state index in [1.54, 1.807) is 30.3 Å². The van der Waals surface area contributed by atoms with Gasteiger partial charge in [-0.1, -0.05) is 30.3 Å². The quantitative estimate of drug-likeness (QED) is 0.422. The van der Waals surface area contributed by atoms with Crippen molar-refractivity contribution >= 4 is 11.5 Å². The number of benzene rings is 2. The van der Waals surface area contributed by atoms with Crippen molar-refractivity contribution in [2.45, 2.75) is 6.61 Å². The molecule has 6 nitrogen and oxygen atoms in total. The number of aliphatic hydroxyl groups excluding tert-OH is 1. The predicted octanol–water partition coefficient (Wildman–Crippen LogP) is 2.80. The second-order valence-electron chi connectivity index (χ2n) is 5.25. The zero-order chi connectivity index (χ0) is 18.8. The molecule has 26 heavy (non-hydrogen) atoms. The molecule has 0 fully saturated rings. The summed E-state index contributed by atoms with van der Waals surface area (Å²) in [6.07, 6.45) is 1.36. The van der Waals surface area contributed by atoms with Crippen molar-refractivity contribution in [1.82, 2.24) is 0 Å². The van der Waals surface area contributed by atoms with Crippen LogP contribution in [0.2, 0.25) is 0 Å². The minimum Gasteiger partial charge on any atom is -0.503 e. The van der Waals surface area contributed by atoms with Crippen molar-refractivity contribution in [2.24, 2.45) is 0 Å². The van der Waals surface area contributed by atoms with Crippen LogP contribution in [0.4, 0.5) is 0 Å². The highest BCUT2D eigenvalue weighted by Crippen LogP contribution is 2.24. The normalized spacial score (nSPS) is 11.0. The average molecular weight is 358 g/mol. The van der Waals surface area contributed by atoms with E-state index in [2.05, 4.69) is 0 Å². The van der Waals surface area contributed by atoms with Gasteiger partial charge in [-0.2, -0.15) is 0 Å². The molecule has 0 heterocycles. The average Bonchev–Trinajstić information content (AvgIpc) is 2.69. The van der Waals surface area contributed by atoms with Gasteiger partial charge in [-0.25, -0.2) is 4.79 Å². The van der Waals surface area contributed by atoms with E-state index >= 15 is 0 Å². The largest absolute Gasteiger partial charge is 0.503 e. The fraction of sp³-hybridized carbons (Fsp3) is 0.250. The molecular formula is C20H22O6. The third-order valence-electron chi connectivity index (χ3n) is 3.51. The van der Waals surface area contributed by atoms with Gasteiger partial charge in [0.25, 0.3) is 0 Å². The van der Waals surface area contributed by atoms with Crippen LogP contribution in [0.5, 0.6) is 11.5 Å². The number of carbonyl (C=O) groups excluding carboxylic acids is 1. The minimum absolute atomic E-state index is 0.0550. The molecule has 0 unspecified atom stereocenters. The molecule has 0 saturated carbocycles. The van der Waals surface area contributed by atoms with Gasteiger partial charge >= 0.3 is 5.97 Å². The molecule has 2 aromatic carbocycles. The topological polar surface area (TPSA) is 74.2 Å². The van der Waals surface area contributed by atoms with Gasteiger partial charge < -0.3 is 24.1 Å². The van der Waals surface area contributed by atoms with Gasteiger partial charge in [0.2, 0.25) is 0 Å². The first kappa shape index (κ1) is 19.3. The highest BCUT2D eigenvalue weighted by atomic mass is 16.5. The van der Waals surface area contributed by atoms with Crippen LogP contribution in [0.1, 0.15) is 11.1 Å². The fourth-order valence-electron chi connectivity index (χ4n) is 2.34. The summed E-state index contributed by atoms with van der Waals surface area (Å²) < 4.78 is 21.0. The Morgan fingerprint density at radius 3 is 2.46 bits per heavy atom. The molecule has 0 atom stereocenters. The lowest BCUT2D eigenvalue weighted by Crippen LogP contribution is -2.08. The highest BCUT2D eigenvalue weighted by molar-refractivity contribution is 6.16. The Kier molecular flexibility index (Phi) is 7.51. The van der Waals surface area contributed by atoms with E-state index in [9.17, 15) is 4.79 Å². The molecular weight excluding hydrogens is 336 g/mol. The molecule has 0 aromatic heterocycles. The van der Waals surface area contributed by atoms with Gasteiger partial charge in [-0.05, 0) is 23.3 Å². The first-order chi connectivity index (χ1) is 12.7. The Labute approximate surface area is 152 Å². The Hall–Kier alpha value is -2.99. The van der Waals surface area contributed by atoms with Crippen LogP contribution >= 0.6 is 0 Å². The lowest BCUT2D eigenvalue weighted by Gasteiger charge is -2.13. The molecule has 2 rings (SSSR count). The van der Waals surface area contributed by atoms with E-state index in [0.717, 1.165) is 5.56 Å². The third kappa shape index (κ3) is 5.26. The molecule has 1 N–H and O–H groups in total. The molecule has 0 radical (unpaired) electrons. The molecule has 0 bridgehead atoms. The van der Waals surface area contributed by atoms with E-state index < -0.39 is 5.97 Å². The van der Waals surface area contributed by atoms with Gasteiger partial charge in [0.05, 0.1) is 27.1 Å². The van der Waals surface area contributed by atoms with E-state index in [1.807, 2.05) is 18.2 Å². The molecule has 0 aliphatic rings. The molecule has 0 aliphatic heterocycles. The minimum atomic E-state index is -0.487. The number of esters is 1. The number of methoxy groups -OCH3 is 2. The zero-order valence-corrected chi connectivity index (χ0v) is 14.8. The number of rotatable bonds is 9. The molecule has 138 valence electrons. The number of aliphatic hydroxyl groups is 1. The van der Waals surface area contributed by atoms with Crippen molar-refractivity contribution in [3.8, 4) is 11.5 Å². The maximum absolute atomic E-state index is 12.0. The zero-order valence-electron chi connectivity index (χ0n) is 14.8. The lowest BCUT2D eigenvalue weighted by atomic mass is 10.0. The number of hydrogen-bond donors (Lipinski definition) is 1. The maximum Gasteiger partial charge on any atom is 0.341 e.